The van der Waals surface area contributed by atoms with Crippen LogP contribution in [0.1, 0.15) is 53.9 Å². The van der Waals surface area contributed by atoms with Crippen LogP contribution in [0, 0.1) is 5.41 Å². The highest BCUT2D eigenvalue weighted by atomic mass is 16.6. The van der Waals surface area contributed by atoms with E-state index in [0.29, 0.717) is 19.3 Å². The lowest BCUT2D eigenvalue weighted by Crippen LogP contribution is -2.42. The predicted molar refractivity (Wildman–Crippen MR) is 83.8 cm³/mol. The smallest absolute Gasteiger partial charge is 0.323 e. The van der Waals surface area contributed by atoms with E-state index in [-0.39, 0.29) is 13.2 Å². The van der Waals surface area contributed by atoms with Gasteiger partial charge in [0, 0.05) is 0 Å². The van der Waals surface area contributed by atoms with E-state index in [9.17, 15) is 9.59 Å². The first-order valence-corrected chi connectivity index (χ1v) is 7.42. The summed E-state index contributed by atoms with van der Waals surface area (Å²) in [6.07, 6.45) is 3.10. The minimum Gasteiger partial charge on any atom is -0.465 e. The van der Waals surface area contributed by atoms with Gasteiger partial charge in [0.15, 0.2) is 5.41 Å². The molecule has 0 aliphatic carbocycles. The van der Waals surface area contributed by atoms with Gasteiger partial charge in [-0.2, -0.15) is 0 Å². The number of allylic oxidation sites excluding steroid dienone is 3. The van der Waals surface area contributed by atoms with Gasteiger partial charge in [-0.05, 0) is 53.9 Å². The first-order valence-electron chi connectivity index (χ1n) is 7.42. The number of carbonyl (C=O) groups is 2. The lowest BCUT2D eigenvalue weighted by molar-refractivity contribution is -0.172. The largest absolute Gasteiger partial charge is 0.465 e. The first kappa shape index (κ1) is 19.4. The number of ether oxygens (including phenoxy) is 2. The average Bonchev–Trinajstić information content (AvgIpc) is 2.39. The minimum absolute atomic E-state index is 0.238. The van der Waals surface area contributed by atoms with Crippen molar-refractivity contribution >= 4 is 11.9 Å². The predicted octanol–water partition coefficient (Wildman–Crippen LogP) is 3.81. The standard InChI is InChI=1S/C17H28O4/c1-7-20-15(18)17(11-9-13(3)4,12-10-14(5)6)16(19)21-8-2/h10H,3,7-9,11-12H2,1-2,4-6H3. The van der Waals surface area contributed by atoms with Crippen molar-refractivity contribution in [3.05, 3.63) is 23.8 Å². The van der Waals surface area contributed by atoms with Crippen molar-refractivity contribution in [2.45, 2.75) is 53.9 Å². The van der Waals surface area contributed by atoms with E-state index >= 15 is 0 Å². The molecule has 0 aromatic carbocycles. The van der Waals surface area contributed by atoms with Crippen LogP contribution in [0.5, 0.6) is 0 Å². The zero-order chi connectivity index (χ0) is 16.5. The van der Waals surface area contributed by atoms with Crippen LogP contribution in [0.15, 0.2) is 23.8 Å². The Morgan fingerprint density at radius 1 is 1.05 bits per heavy atom. The van der Waals surface area contributed by atoms with E-state index in [1.54, 1.807) is 13.8 Å². The third kappa shape index (κ3) is 6.15. The summed E-state index contributed by atoms with van der Waals surface area (Å²) in [4.78, 5) is 24.8. The quantitative estimate of drug-likeness (QED) is 0.369. The highest BCUT2D eigenvalue weighted by molar-refractivity contribution is 6.00. The highest BCUT2D eigenvalue weighted by Crippen LogP contribution is 2.34. The molecule has 0 radical (unpaired) electrons. The Morgan fingerprint density at radius 2 is 1.52 bits per heavy atom. The molecule has 0 aromatic rings. The van der Waals surface area contributed by atoms with Crippen molar-refractivity contribution in [3.8, 4) is 0 Å². The van der Waals surface area contributed by atoms with Gasteiger partial charge in [-0.25, -0.2) is 0 Å². The van der Waals surface area contributed by atoms with Crippen molar-refractivity contribution in [3.63, 3.8) is 0 Å². The zero-order valence-electron chi connectivity index (χ0n) is 14.0. The summed E-state index contributed by atoms with van der Waals surface area (Å²) >= 11 is 0. The van der Waals surface area contributed by atoms with Crippen molar-refractivity contribution < 1.29 is 19.1 Å². The summed E-state index contributed by atoms with van der Waals surface area (Å²) < 4.78 is 10.3. The summed E-state index contributed by atoms with van der Waals surface area (Å²) in [7, 11) is 0. The van der Waals surface area contributed by atoms with Gasteiger partial charge in [0.05, 0.1) is 13.2 Å². The van der Waals surface area contributed by atoms with Gasteiger partial charge < -0.3 is 9.47 Å². The molecule has 0 N–H and O–H groups in total. The molecule has 0 aliphatic rings. The maximum absolute atomic E-state index is 12.4. The molecule has 0 fully saturated rings. The van der Waals surface area contributed by atoms with Crippen LogP contribution in [0.3, 0.4) is 0 Å². The Bertz CT molecular complexity index is 385. The summed E-state index contributed by atoms with van der Waals surface area (Å²) in [5.74, 6) is -1.02. The molecule has 0 aromatic heterocycles. The summed E-state index contributed by atoms with van der Waals surface area (Å²) in [6.45, 7) is 13.5. The lowest BCUT2D eigenvalue weighted by Gasteiger charge is -2.28. The number of hydrogen-bond donors (Lipinski definition) is 0. The highest BCUT2D eigenvalue weighted by Gasteiger charge is 2.47. The minimum atomic E-state index is -1.28. The molecule has 0 bridgehead atoms. The molecular formula is C17H28O4. The van der Waals surface area contributed by atoms with E-state index in [0.717, 1.165) is 11.1 Å². The van der Waals surface area contributed by atoms with Gasteiger partial charge in [-0.15, -0.1) is 6.58 Å². The van der Waals surface area contributed by atoms with Crippen LogP contribution in [0.25, 0.3) is 0 Å². The number of carbonyl (C=O) groups excluding carboxylic acids is 2. The average molecular weight is 296 g/mol. The van der Waals surface area contributed by atoms with E-state index in [1.807, 2.05) is 26.8 Å². The maximum Gasteiger partial charge on any atom is 0.323 e. The molecule has 0 saturated carbocycles. The van der Waals surface area contributed by atoms with Crippen molar-refractivity contribution in [2.24, 2.45) is 5.41 Å². The van der Waals surface area contributed by atoms with Crippen molar-refractivity contribution in [1.29, 1.82) is 0 Å². The normalized spacial score (nSPS) is 10.7. The summed E-state index contributed by atoms with van der Waals surface area (Å²) in [5.41, 5.74) is 0.691. The van der Waals surface area contributed by atoms with Crippen LogP contribution in [-0.4, -0.2) is 25.2 Å². The maximum atomic E-state index is 12.4. The van der Waals surface area contributed by atoms with Crippen molar-refractivity contribution in [1.82, 2.24) is 0 Å². The second kappa shape index (κ2) is 9.37. The molecule has 0 amide bonds. The van der Waals surface area contributed by atoms with E-state index in [4.69, 9.17) is 9.47 Å². The molecule has 0 saturated heterocycles. The molecule has 0 rings (SSSR count). The molecule has 0 heterocycles. The van der Waals surface area contributed by atoms with Gasteiger partial charge in [0.1, 0.15) is 0 Å². The summed E-state index contributed by atoms with van der Waals surface area (Å²) in [6, 6.07) is 0. The molecule has 21 heavy (non-hydrogen) atoms. The van der Waals surface area contributed by atoms with Crippen LogP contribution < -0.4 is 0 Å². The van der Waals surface area contributed by atoms with E-state index < -0.39 is 17.4 Å². The fraction of sp³-hybridized carbons (Fsp3) is 0.647. The number of hydrogen-bond acceptors (Lipinski definition) is 4. The van der Waals surface area contributed by atoms with Gasteiger partial charge in [-0.1, -0.05) is 17.2 Å². The first-order chi connectivity index (χ1) is 9.80. The molecule has 0 unspecified atom stereocenters. The monoisotopic (exact) mass is 296 g/mol. The fourth-order valence-electron chi connectivity index (χ4n) is 1.90. The Kier molecular flexibility index (Phi) is 8.67. The van der Waals surface area contributed by atoms with Gasteiger partial charge in [0.25, 0.3) is 0 Å². The third-order valence-electron chi connectivity index (χ3n) is 3.17. The third-order valence-corrected chi connectivity index (χ3v) is 3.17. The molecule has 0 atom stereocenters. The van der Waals surface area contributed by atoms with E-state index in [2.05, 4.69) is 6.58 Å². The number of esters is 2. The van der Waals surface area contributed by atoms with Gasteiger partial charge in [-0.3, -0.25) is 9.59 Å². The lowest BCUT2D eigenvalue weighted by atomic mass is 9.78. The zero-order valence-corrected chi connectivity index (χ0v) is 14.0. The second-order valence-corrected chi connectivity index (χ2v) is 5.47. The Morgan fingerprint density at radius 3 is 1.86 bits per heavy atom. The SMILES string of the molecule is C=C(C)CCC(CC=C(C)C)(C(=O)OCC)C(=O)OCC. The topological polar surface area (TPSA) is 52.6 Å². The molecule has 4 nitrogen and oxygen atoms in total. The van der Waals surface area contributed by atoms with Crippen LogP contribution in [0.2, 0.25) is 0 Å². The molecular weight excluding hydrogens is 268 g/mol. The van der Waals surface area contributed by atoms with Gasteiger partial charge in [0.2, 0.25) is 0 Å². The van der Waals surface area contributed by atoms with Crippen LogP contribution >= 0.6 is 0 Å². The van der Waals surface area contributed by atoms with Gasteiger partial charge >= 0.3 is 11.9 Å². The molecule has 4 heteroatoms. The second-order valence-electron chi connectivity index (χ2n) is 5.47. The Hall–Kier alpha value is -1.58. The van der Waals surface area contributed by atoms with Crippen LogP contribution in [-0.2, 0) is 19.1 Å². The van der Waals surface area contributed by atoms with E-state index in [1.165, 1.54) is 0 Å². The van der Waals surface area contributed by atoms with Crippen molar-refractivity contribution in [2.75, 3.05) is 13.2 Å². The molecule has 120 valence electrons. The Labute approximate surface area is 128 Å². The van der Waals surface area contributed by atoms with Crippen LogP contribution in [0.4, 0.5) is 0 Å². The summed E-state index contributed by atoms with van der Waals surface area (Å²) in [5, 5.41) is 0. The number of rotatable bonds is 9. The molecule has 0 aliphatic heterocycles. The molecule has 0 spiro atoms. The Balaban J connectivity index is 5.55. The fourth-order valence-corrected chi connectivity index (χ4v) is 1.90.